The van der Waals surface area contributed by atoms with Crippen LogP contribution >= 0.6 is 12.4 Å². The van der Waals surface area contributed by atoms with E-state index in [1.807, 2.05) is 31.2 Å². The third-order valence-electron chi connectivity index (χ3n) is 3.44. The number of aliphatic hydroxyl groups is 1. The number of carbonyl (C=O) groups excluding carboxylic acids is 1. The summed E-state index contributed by atoms with van der Waals surface area (Å²) in [5, 5.41) is 12.5. The number of hydrogen-bond acceptors (Lipinski definition) is 4. The van der Waals surface area contributed by atoms with Gasteiger partial charge < -0.3 is 20.1 Å². The van der Waals surface area contributed by atoms with E-state index < -0.39 is 6.10 Å². The van der Waals surface area contributed by atoms with Gasteiger partial charge in [-0.2, -0.15) is 0 Å². The van der Waals surface area contributed by atoms with Crippen molar-refractivity contribution in [2.75, 3.05) is 20.2 Å². The fourth-order valence-electron chi connectivity index (χ4n) is 2.38. The molecular weight excluding hydrogens is 292 g/mol. The van der Waals surface area contributed by atoms with Crippen LogP contribution in [0.25, 0.3) is 0 Å². The molecule has 1 aromatic carbocycles. The van der Waals surface area contributed by atoms with Gasteiger partial charge in [0.05, 0.1) is 18.8 Å². The van der Waals surface area contributed by atoms with Crippen molar-refractivity contribution in [2.45, 2.75) is 32.0 Å². The van der Waals surface area contributed by atoms with Crippen LogP contribution in [0.5, 0.6) is 5.75 Å². The largest absolute Gasteiger partial charge is 0.494 e. The van der Waals surface area contributed by atoms with E-state index in [1.54, 1.807) is 11.9 Å². The fraction of sp³-hybridized carbons (Fsp3) is 0.533. The van der Waals surface area contributed by atoms with Gasteiger partial charge in [0.2, 0.25) is 5.91 Å². The lowest BCUT2D eigenvalue weighted by Gasteiger charge is -2.21. The zero-order valence-electron chi connectivity index (χ0n) is 12.4. The first-order chi connectivity index (χ1) is 9.60. The molecule has 0 aliphatic carbocycles. The fourth-order valence-corrected chi connectivity index (χ4v) is 2.38. The average molecular weight is 315 g/mol. The molecule has 2 atom stereocenters. The van der Waals surface area contributed by atoms with Crippen molar-refractivity contribution in [1.82, 2.24) is 10.2 Å². The Hall–Kier alpha value is -1.30. The predicted octanol–water partition coefficient (Wildman–Crippen LogP) is 1.19. The topological polar surface area (TPSA) is 61.8 Å². The Morgan fingerprint density at radius 1 is 1.43 bits per heavy atom. The lowest BCUT2D eigenvalue weighted by atomic mass is 10.1. The summed E-state index contributed by atoms with van der Waals surface area (Å²) in [6.45, 7) is 3.64. The molecule has 2 unspecified atom stereocenters. The molecule has 0 aromatic heterocycles. The number of carbonyl (C=O) groups is 1. The van der Waals surface area contributed by atoms with Gasteiger partial charge in [-0.3, -0.25) is 4.79 Å². The standard InChI is InChI=1S/C15H22N2O3.ClH/c1-3-20-13-6-4-11(5-7-13)10-17(2)15(19)14-8-12(18)9-16-14;/h4-7,12,14,16,18H,3,8-10H2,1-2H3;1H. The highest BCUT2D eigenvalue weighted by molar-refractivity contribution is 5.85. The summed E-state index contributed by atoms with van der Waals surface area (Å²) in [6, 6.07) is 7.48. The second-order valence-electron chi connectivity index (χ2n) is 5.12. The lowest BCUT2D eigenvalue weighted by Crippen LogP contribution is -2.41. The molecule has 1 fully saturated rings. The Balaban J connectivity index is 0.00000220. The first kappa shape index (κ1) is 17.8. The molecule has 2 rings (SSSR count). The number of nitrogens with one attached hydrogen (secondary N) is 1. The molecule has 6 heteroatoms. The molecule has 1 saturated heterocycles. The summed E-state index contributed by atoms with van der Waals surface area (Å²) in [4.78, 5) is 13.9. The summed E-state index contributed by atoms with van der Waals surface area (Å²) in [5.74, 6) is 0.862. The van der Waals surface area contributed by atoms with Crippen molar-refractivity contribution >= 4 is 18.3 Å². The number of amides is 1. The third-order valence-corrected chi connectivity index (χ3v) is 3.44. The SMILES string of the molecule is CCOc1ccc(CN(C)C(=O)C2CC(O)CN2)cc1.Cl. The van der Waals surface area contributed by atoms with Crippen LogP contribution in [0.1, 0.15) is 18.9 Å². The number of nitrogens with zero attached hydrogens (tertiary/aromatic N) is 1. The van der Waals surface area contributed by atoms with Gasteiger partial charge in [0.1, 0.15) is 5.75 Å². The van der Waals surface area contributed by atoms with Crippen molar-refractivity contribution in [3.8, 4) is 5.75 Å². The Morgan fingerprint density at radius 2 is 2.10 bits per heavy atom. The third kappa shape index (κ3) is 4.88. The summed E-state index contributed by atoms with van der Waals surface area (Å²) in [6.07, 6.45) is 0.0785. The quantitative estimate of drug-likeness (QED) is 0.857. The smallest absolute Gasteiger partial charge is 0.239 e. The molecule has 0 saturated carbocycles. The van der Waals surface area contributed by atoms with Crippen LogP contribution in [0.3, 0.4) is 0 Å². The number of ether oxygens (including phenoxy) is 1. The van der Waals surface area contributed by atoms with Crippen molar-refractivity contribution in [3.63, 3.8) is 0 Å². The molecule has 2 N–H and O–H groups in total. The highest BCUT2D eigenvalue weighted by Crippen LogP contribution is 2.15. The molecule has 1 aliphatic rings. The van der Waals surface area contributed by atoms with Gasteiger partial charge in [-0.1, -0.05) is 12.1 Å². The Morgan fingerprint density at radius 3 is 2.62 bits per heavy atom. The zero-order chi connectivity index (χ0) is 14.5. The highest BCUT2D eigenvalue weighted by Gasteiger charge is 2.29. The number of halogens is 1. The van der Waals surface area contributed by atoms with Gasteiger partial charge in [-0.05, 0) is 31.0 Å². The normalized spacial score (nSPS) is 20.7. The van der Waals surface area contributed by atoms with Crippen molar-refractivity contribution in [2.24, 2.45) is 0 Å². The summed E-state index contributed by atoms with van der Waals surface area (Å²) < 4.78 is 5.39. The van der Waals surface area contributed by atoms with Gasteiger partial charge in [-0.25, -0.2) is 0 Å². The van der Waals surface area contributed by atoms with E-state index in [9.17, 15) is 9.90 Å². The first-order valence-electron chi connectivity index (χ1n) is 6.98. The van der Waals surface area contributed by atoms with Crippen molar-refractivity contribution in [3.05, 3.63) is 29.8 Å². The van der Waals surface area contributed by atoms with E-state index in [0.717, 1.165) is 11.3 Å². The molecule has 1 heterocycles. The molecule has 1 aromatic rings. The maximum atomic E-state index is 12.2. The Bertz CT molecular complexity index is 453. The van der Waals surface area contributed by atoms with Crippen LogP contribution in [0, 0.1) is 0 Å². The van der Waals surface area contributed by atoms with E-state index in [-0.39, 0.29) is 24.4 Å². The highest BCUT2D eigenvalue weighted by atomic mass is 35.5. The minimum absolute atomic E-state index is 0. The molecule has 118 valence electrons. The van der Waals surface area contributed by atoms with E-state index in [0.29, 0.717) is 26.1 Å². The predicted molar refractivity (Wildman–Crippen MR) is 83.7 cm³/mol. The van der Waals surface area contributed by atoms with Crippen molar-refractivity contribution < 1.29 is 14.6 Å². The van der Waals surface area contributed by atoms with Crippen LogP contribution < -0.4 is 10.1 Å². The molecular formula is C15H23ClN2O3. The number of rotatable bonds is 5. The summed E-state index contributed by atoms with van der Waals surface area (Å²) in [7, 11) is 1.78. The van der Waals surface area contributed by atoms with Gasteiger partial charge >= 0.3 is 0 Å². The van der Waals surface area contributed by atoms with Crippen LogP contribution in [-0.2, 0) is 11.3 Å². The second kappa shape index (κ2) is 8.22. The molecule has 1 aliphatic heterocycles. The summed E-state index contributed by atoms with van der Waals surface area (Å²) in [5.41, 5.74) is 1.06. The molecule has 0 spiro atoms. The number of likely N-dealkylation sites (N-methyl/N-ethyl adjacent to an activating group) is 1. The molecule has 21 heavy (non-hydrogen) atoms. The maximum absolute atomic E-state index is 12.2. The van der Waals surface area contributed by atoms with Gasteiger partial charge in [0, 0.05) is 20.1 Å². The summed E-state index contributed by atoms with van der Waals surface area (Å²) >= 11 is 0. The van der Waals surface area contributed by atoms with E-state index in [2.05, 4.69) is 5.32 Å². The Kier molecular flexibility index (Phi) is 6.95. The van der Waals surface area contributed by atoms with Gasteiger partial charge in [0.25, 0.3) is 0 Å². The second-order valence-corrected chi connectivity index (χ2v) is 5.12. The number of aliphatic hydroxyl groups excluding tert-OH is 1. The van der Waals surface area contributed by atoms with Crippen LogP contribution in [0.4, 0.5) is 0 Å². The molecule has 0 radical (unpaired) electrons. The number of hydrogen-bond donors (Lipinski definition) is 2. The maximum Gasteiger partial charge on any atom is 0.239 e. The van der Waals surface area contributed by atoms with Gasteiger partial charge in [-0.15, -0.1) is 12.4 Å². The monoisotopic (exact) mass is 314 g/mol. The minimum Gasteiger partial charge on any atom is -0.494 e. The molecule has 1 amide bonds. The Labute approximate surface area is 131 Å². The average Bonchev–Trinajstić information content (AvgIpc) is 2.87. The van der Waals surface area contributed by atoms with E-state index in [1.165, 1.54) is 0 Å². The first-order valence-corrected chi connectivity index (χ1v) is 6.98. The number of β-amino-alcohol motifs (C(OH)–C–C–N with tert-alkyl or cyclic N) is 1. The van der Waals surface area contributed by atoms with Crippen molar-refractivity contribution in [1.29, 1.82) is 0 Å². The van der Waals surface area contributed by atoms with E-state index >= 15 is 0 Å². The molecule has 0 bridgehead atoms. The van der Waals surface area contributed by atoms with Crippen LogP contribution in [-0.4, -0.2) is 48.3 Å². The van der Waals surface area contributed by atoms with Crippen LogP contribution in [0.15, 0.2) is 24.3 Å². The zero-order valence-corrected chi connectivity index (χ0v) is 13.2. The lowest BCUT2D eigenvalue weighted by molar-refractivity contribution is -0.132. The molecule has 5 nitrogen and oxygen atoms in total. The van der Waals surface area contributed by atoms with Crippen LogP contribution in [0.2, 0.25) is 0 Å². The van der Waals surface area contributed by atoms with E-state index in [4.69, 9.17) is 4.74 Å². The minimum atomic E-state index is -0.414. The van der Waals surface area contributed by atoms with Gasteiger partial charge in [0.15, 0.2) is 0 Å². The number of benzene rings is 1.